The van der Waals surface area contributed by atoms with Crippen molar-refractivity contribution >= 4 is 17.4 Å². The molecule has 8 nitrogen and oxygen atoms in total. The number of carbonyl (C=O) groups excluding carboxylic acids is 2. The highest BCUT2D eigenvalue weighted by atomic mass is 16.6. The van der Waals surface area contributed by atoms with E-state index in [-0.39, 0.29) is 11.3 Å². The van der Waals surface area contributed by atoms with Crippen LogP contribution in [0.3, 0.4) is 0 Å². The number of aliphatic hydroxyl groups is 1. The van der Waals surface area contributed by atoms with Crippen LogP contribution < -0.4 is 14.2 Å². The largest absolute Gasteiger partial charge is 0.507 e. The molecule has 1 amide bonds. The SMILES string of the molecule is C=CCOc1cccc([C@@H]2C(=C(O)c3ccc4c(c3)OCCO4)C(=O)C(=O)N2CCN(C)C)c1. The van der Waals surface area contributed by atoms with E-state index in [1.807, 2.05) is 25.1 Å². The summed E-state index contributed by atoms with van der Waals surface area (Å²) in [7, 11) is 3.79. The Morgan fingerprint density at radius 2 is 1.94 bits per heavy atom. The van der Waals surface area contributed by atoms with Crippen molar-refractivity contribution in [3.63, 3.8) is 0 Å². The Morgan fingerprint density at radius 3 is 2.68 bits per heavy atom. The van der Waals surface area contributed by atoms with Gasteiger partial charge in [-0.1, -0.05) is 24.8 Å². The van der Waals surface area contributed by atoms with E-state index in [2.05, 4.69) is 6.58 Å². The maximum atomic E-state index is 13.2. The number of fused-ring (bicyclic) bond motifs is 1. The number of nitrogens with zero attached hydrogens (tertiary/aromatic N) is 2. The first kappa shape index (κ1) is 23.4. The lowest BCUT2D eigenvalue weighted by atomic mass is 9.95. The maximum Gasteiger partial charge on any atom is 0.295 e. The Balaban J connectivity index is 1.81. The average Bonchev–Trinajstić information content (AvgIpc) is 3.10. The van der Waals surface area contributed by atoms with E-state index in [9.17, 15) is 14.7 Å². The first-order valence-corrected chi connectivity index (χ1v) is 11.1. The quantitative estimate of drug-likeness (QED) is 0.278. The molecule has 2 aliphatic rings. The Bertz CT molecular complexity index is 1140. The predicted molar refractivity (Wildman–Crippen MR) is 127 cm³/mol. The van der Waals surface area contributed by atoms with Crippen molar-refractivity contribution in [1.29, 1.82) is 0 Å². The third kappa shape index (κ3) is 4.63. The van der Waals surface area contributed by atoms with Crippen molar-refractivity contribution in [2.45, 2.75) is 6.04 Å². The molecular formula is C26H28N2O6. The van der Waals surface area contributed by atoms with Crippen LogP contribution >= 0.6 is 0 Å². The second-order valence-corrected chi connectivity index (χ2v) is 8.33. The molecule has 0 aromatic heterocycles. The minimum atomic E-state index is -0.763. The van der Waals surface area contributed by atoms with Gasteiger partial charge in [-0.05, 0) is 50.0 Å². The van der Waals surface area contributed by atoms with Gasteiger partial charge in [0.2, 0.25) is 0 Å². The van der Waals surface area contributed by atoms with Crippen LogP contribution in [-0.2, 0) is 9.59 Å². The second kappa shape index (κ2) is 10.0. The topological polar surface area (TPSA) is 88.5 Å². The molecule has 2 aliphatic heterocycles. The molecule has 0 radical (unpaired) electrons. The van der Waals surface area contributed by atoms with Gasteiger partial charge in [0.05, 0.1) is 11.6 Å². The molecule has 2 heterocycles. The van der Waals surface area contributed by atoms with Crippen LogP contribution in [0, 0.1) is 0 Å². The summed E-state index contributed by atoms with van der Waals surface area (Å²) in [5.41, 5.74) is 1.07. The fourth-order valence-electron chi connectivity index (χ4n) is 4.04. The minimum Gasteiger partial charge on any atom is -0.507 e. The number of hydrogen-bond acceptors (Lipinski definition) is 7. The Hall–Kier alpha value is -3.78. The third-order valence-electron chi connectivity index (χ3n) is 5.69. The van der Waals surface area contributed by atoms with Gasteiger partial charge in [-0.3, -0.25) is 9.59 Å². The van der Waals surface area contributed by atoms with Crippen molar-refractivity contribution in [2.75, 3.05) is 47.0 Å². The maximum absolute atomic E-state index is 13.2. The van der Waals surface area contributed by atoms with E-state index in [4.69, 9.17) is 14.2 Å². The first-order chi connectivity index (χ1) is 16.4. The summed E-state index contributed by atoms with van der Waals surface area (Å²) >= 11 is 0. The number of benzene rings is 2. The molecule has 178 valence electrons. The third-order valence-corrected chi connectivity index (χ3v) is 5.69. The molecule has 0 bridgehead atoms. The molecule has 2 aromatic rings. The van der Waals surface area contributed by atoms with Crippen molar-refractivity contribution in [3.8, 4) is 17.2 Å². The number of likely N-dealkylation sites (tertiary alicyclic amines) is 1. The molecule has 0 saturated carbocycles. The zero-order valence-corrected chi connectivity index (χ0v) is 19.3. The summed E-state index contributed by atoms with van der Waals surface area (Å²) in [5.74, 6) is -0.0108. The van der Waals surface area contributed by atoms with Gasteiger partial charge in [-0.2, -0.15) is 0 Å². The Morgan fingerprint density at radius 1 is 1.18 bits per heavy atom. The number of ketones is 1. The van der Waals surface area contributed by atoms with E-state index < -0.39 is 17.7 Å². The van der Waals surface area contributed by atoms with E-state index >= 15 is 0 Å². The van der Waals surface area contributed by atoms with E-state index in [1.165, 1.54) is 4.90 Å². The van der Waals surface area contributed by atoms with Gasteiger partial charge < -0.3 is 29.1 Å². The molecule has 8 heteroatoms. The molecule has 1 saturated heterocycles. The summed E-state index contributed by atoms with van der Waals surface area (Å²) in [6, 6.07) is 11.4. The number of aliphatic hydroxyl groups excluding tert-OH is 1. The van der Waals surface area contributed by atoms with Crippen molar-refractivity contribution < 1.29 is 28.9 Å². The first-order valence-electron chi connectivity index (χ1n) is 11.1. The van der Waals surface area contributed by atoms with Crippen LogP contribution in [0.4, 0.5) is 0 Å². The van der Waals surface area contributed by atoms with Crippen LogP contribution in [0.1, 0.15) is 17.2 Å². The number of amides is 1. The van der Waals surface area contributed by atoms with Gasteiger partial charge in [0, 0.05) is 18.7 Å². The van der Waals surface area contributed by atoms with Gasteiger partial charge in [-0.15, -0.1) is 0 Å². The molecule has 1 fully saturated rings. The Kier molecular flexibility index (Phi) is 6.88. The molecule has 1 atom stereocenters. The highest BCUT2D eigenvalue weighted by molar-refractivity contribution is 6.46. The molecular weight excluding hydrogens is 436 g/mol. The van der Waals surface area contributed by atoms with Crippen LogP contribution in [0.15, 0.2) is 60.7 Å². The molecule has 0 unspecified atom stereocenters. The van der Waals surface area contributed by atoms with Gasteiger partial charge in [0.15, 0.2) is 11.5 Å². The number of rotatable bonds is 8. The van der Waals surface area contributed by atoms with Gasteiger partial charge in [0.25, 0.3) is 11.7 Å². The summed E-state index contributed by atoms with van der Waals surface area (Å²) in [5, 5.41) is 11.3. The second-order valence-electron chi connectivity index (χ2n) is 8.33. The summed E-state index contributed by atoms with van der Waals surface area (Å²) in [6.07, 6.45) is 1.64. The number of Topliss-reactive ketones (excluding diaryl/α,β-unsaturated/α-hetero) is 1. The summed E-state index contributed by atoms with van der Waals surface area (Å²) in [6.45, 7) is 5.69. The minimum absolute atomic E-state index is 0.0290. The van der Waals surface area contributed by atoms with E-state index in [0.717, 1.165) is 0 Å². The molecule has 0 spiro atoms. The van der Waals surface area contributed by atoms with Gasteiger partial charge in [-0.25, -0.2) is 0 Å². The van der Waals surface area contributed by atoms with Gasteiger partial charge in [0.1, 0.15) is 31.3 Å². The lowest BCUT2D eigenvalue weighted by molar-refractivity contribution is -0.140. The average molecular weight is 465 g/mol. The normalized spacial score (nSPS) is 18.9. The van der Waals surface area contributed by atoms with Crippen molar-refractivity contribution in [1.82, 2.24) is 9.80 Å². The molecule has 0 aliphatic carbocycles. The van der Waals surface area contributed by atoms with E-state index in [0.29, 0.717) is 61.3 Å². The highest BCUT2D eigenvalue weighted by Crippen LogP contribution is 2.41. The number of ether oxygens (including phenoxy) is 3. The highest BCUT2D eigenvalue weighted by Gasteiger charge is 2.46. The fraction of sp³-hybridized carbons (Fsp3) is 0.308. The van der Waals surface area contributed by atoms with Crippen LogP contribution in [0.2, 0.25) is 0 Å². The van der Waals surface area contributed by atoms with Crippen molar-refractivity contribution in [3.05, 3.63) is 71.8 Å². The van der Waals surface area contributed by atoms with Crippen LogP contribution in [-0.4, -0.2) is 73.6 Å². The molecule has 1 N–H and O–H groups in total. The molecule has 4 rings (SSSR count). The smallest absolute Gasteiger partial charge is 0.295 e. The van der Waals surface area contributed by atoms with Gasteiger partial charge >= 0.3 is 0 Å². The lowest BCUT2D eigenvalue weighted by Gasteiger charge is -2.27. The Labute approximate surface area is 198 Å². The standard InChI is InChI=1S/C26H28N2O6/c1-4-12-32-19-7-5-6-17(15-19)23-22(25(30)26(31)28(23)11-10-27(2)3)24(29)18-8-9-20-21(16-18)34-14-13-33-20/h4-9,15-16,23,29H,1,10-14H2,2-3H3/t23-/m1/s1. The number of hydrogen-bond donors (Lipinski definition) is 1. The predicted octanol–water partition coefficient (Wildman–Crippen LogP) is 3.01. The zero-order chi connectivity index (χ0) is 24.2. The fourth-order valence-corrected chi connectivity index (χ4v) is 4.04. The summed E-state index contributed by atoms with van der Waals surface area (Å²) < 4.78 is 16.8. The monoisotopic (exact) mass is 464 g/mol. The lowest BCUT2D eigenvalue weighted by Crippen LogP contribution is -2.35. The number of likely N-dealkylation sites (N-methyl/N-ethyl adjacent to an activating group) is 1. The number of carbonyl (C=O) groups is 2. The van der Waals surface area contributed by atoms with Crippen molar-refractivity contribution in [2.24, 2.45) is 0 Å². The zero-order valence-electron chi connectivity index (χ0n) is 19.3. The van der Waals surface area contributed by atoms with Crippen LogP contribution in [0.5, 0.6) is 17.2 Å². The molecule has 2 aromatic carbocycles. The summed E-state index contributed by atoms with van der Waals surface area (Å²) in [4.78, 5) is 29.7. The van der Waals surface area contributed by atoms with Crippen LogP contribution in [0.25, 0.3) is 5.76 Å². The van der Waals surface area contributed by atoms with E-state index in [1.54, 1.807) is 42.5 Å². The molecule has 34 heavy (non-hydrogen) atoms.